The molecule has 1 unspecified atom stereocenters. The second-order valence-corrected chi connectivity index (χ2v) is 8.14. The van der Waals surface area contributed by atoms with E-state index in [0.717, 1.165) is 37.7 Å². The molecule has 3 heterocycles. The molecule has 0 radical (unpaired) electrons. The van der Waals surface area contributed by atoms with E-state index in [1.54, 1.807) is 28.9 Å². The van der Waals surface area contributed by atoms with Crippen molar-refractivity contribution < 1.29 is 9.90 Å². The number of aliphatic hydroxyl groups is 1. The van der Waals surface area contributed by atoms with E-state index in [1.165, 1.54) is 6.20 Å². The summed E-state index contributed by atoms with van der Waals surface area (Å²) in [6.45, 7) is 4.31. The average Bonchev–Trinajstić information content (AvgIpc) is 3.41. The van der Waals surface area contributed by atoms with Crippen LogP contribution in [0.2, 0.25) is 0 Å². The summed E-state index contributed by atoms with van der Waals surface area (Å²) in [5, 5.41) is 20.9. The Morgan fingerprint density at radius 1 is 1.33 bits per heavy atom. The number of nitrogens with one attached hydrogen (secondary N) is 2. The maximum Gasteiger partial charge on any atom is 0.258 e. The molecule has 1 saturated carbocycles. The van der Waals surface area contributed by atoms with Gasteiger partial charge in [0.25, 0.3) is 5.91 Å². The van der Waals surface area contributed by atoms with Gasteiger partial charge in [-0.25, -0.2) is 4.98 Å². The zero-order chi connectivity index (χ0) is 21.1. The number of hydrogen-bond acceptors (Lipinski definition) is 6. The van der Waals surface area contributed by atoms with E-state index >= 15 is 0 Å². The molecule has 1 aliphatic rings. The highest BCUT2D eigenvalue weighted by molar-refractivity contribution is 6.03. The first-order valence-corrected chi connectivity index (χ1v) is 10.5. The van der Waals surface area contributed by atoms with Gasteiger partial charge in [0.2, 0.25) is 0 Å². The summed E-state index contributed by atoms with van der Waals surface area (Å²) in [4.78, 5) is 21.6. The van der Waals surface area contributed by atoms with Crippen LogP contribution in [0.4, 0.5) is 11.6 Å². The van der Waals surface area contributed by atoms with Gasteiger partial charge in [0.15, 0.2) is 5.65 Å². The van der Waals surface area contributed by atoms with Gasteiger partial charge in [-0.2, -0.15) is 9.61 Å². The maximum atomic E-state index is 12.8. The lowest BCUT2D eigenvalue weighted by Gasteiger charge is -2.29. The molecule has 0 saturated heterocycles. The lowest BCUT2D eigenvalue weighted by Crippen LogP contribution is -2.39. The van der Waals surface area contributed by atoms with Gasteiger partial charge in [0.05, 0.1) is 23.9 Å². The molecule has 1 fully saturated rings. The smallest absolute Gasteiger partial charge is 0.258 e. The number of rotatable bonds is 7. The normalized spacial score (nSPS) is 16.5. The Morgan fingerprint density at radius 3 is 2.80 bits per heavy atom. The molecule has 1 aliphatic carbocycles. The topological polar surface area (TPSA) is 104 Å². The van der Waals surface area contributed by atoms with Crippen molar-refractivity contribution in [2.45, 2.75) is 57.4 Å². The van der Waals surface area contributed by atoms with E-state index in [4.69, 9.17) is 4.98 Å². The van der Waals surface area contributed by atoms with Crippen molar-refractivity contribution in [3.8, 4) is 0 Å². The van der Waals surface area contributed by atoms with Crippen LogP contribution in [0, 0.1) is 0 Å². The number of aromatic nitrogens is 4. The fourth-order valence-electron chi connectivity index (χ4n) is 4.03. The minimum Gasteiger partial charge on any atom is -0.394 e. The number of carbonyl (C=O) groups is 1. The molecule has 30 heavy (non-hydrogen) atoms. The van der Waals surface area contributed by atoms with E-state index < -0.39 is 0 Å². The van der Waals surface area contributed by atoms with E-state index in [2.05, 4.69) is 34.6 Å². The Morgan fingerprint density at radius 2 is 2.13 bits per heavy atom. The molecule has 0 aromatic carbocycles. The predicted octanol–water partition coefficient (Wildman–Crippen LogP) is 3.61. The highest BCUT2D eigenvalue weighted by atomic mass is 16.3. The molecule has 3 aromatic rings. The fourth-order valence-corrected chi connectivity index (χ4v) is 4.03. The van der Waals surface area contributed by atoms with Gasteiger partial charge < -0.3 is 15.7 Å². The highest BCUT2D eigenvalue weighted by Gasteiger charge is 2.33. The van der Waals surface area contributed by atoms with Gasteiger partial charge in [-0.05, 0) is 37.3 Å². The molecule has 0 aliphatic heterocycles. The number of anilines is 2. The van der Waals surface area contributed by atoms with Crippen LogP contribution in [0.1, 0.15) is 67.8 Å². The second-order valence-electron chi connectivity index (χ2n) is 8.14. The molecule has 3 N–H and O–H groups in total. The number of hydrogen-bond donors (Lipinski definition) is 3. The van der Waals surface area contributed by atoms with Crippen LogP contribution in [0.15, 0.2) is 36.8 Å². The lowest BCUT2D eigenvalue weighted by atomic mass is 9.99. The van der Waals surface area contributed by atoms with Crippen molar-refractivity contribution in [1.82, 2.24) is 19.6 Å². The molecular formula is C22H28N6O2. The molecule has 1 amide bonds. The van der Waals surface area contributed by atoms with Crippen LogP contribution >= 0.6 is 0 Å². The van der Waals surface area contributed by atoms with Gasteiger partial charge >= 0.3 is 0 Å². The number of amides is 1. The molecule has 0 bridgehead atoms. The van der Waals surface area contributed by atoms with Crippen LogP contribution in [0.5, 0.6) is 0 Å². The van der Waals surface area contributed by atoms with Crippen molar-refractivity contribution in [3.63, 3.8) is 0 Å². The van der Waals surface area contributed by atoms with Gasteiger partial charge in [0.1, 0.15) is 11.6 Å². The minimum atomic E-state index is -0.369. The van der Waals surface area contributed by atoms with Crippen molar-refractivity contribution in [1.29, 1.82) is 0 Å². The maximum absolute atomic E-state index is 12.8. The SMILES string of the molecule is CCC(C)c1cnn2c(NC(=O)c3cccnc3)cc(NC3(CO)CCCC3)nc12. The van der Waals surface area contributed by atoms with Crippen LogP contribution in [-0.4, -0.2) is 42.7 Å². The Kier molecular flexibility index (Phi) is 5.67. The largest absolute Gasteiger partial charge is 0.394 e. The molecule has 8 heteroatoms. The minimum absolute atomic E-state index is 0.0503. The summed E-state index contributed by atoms with van der Waals surface area (Å²) < 4.78 is 1.67. The highest BCUT2D eigenvalue weighted by Crippen LogP contribution is 2.34. The Balaban J connectivity index is 1.75. The van der Waals surface area contributed by atoms with Crippen LogP contribution < -0.4 is 10.6 Å². The summed E-state index contributed by atoms with van der Waals surface area (Å²) in [6, 6.07) is 5.22. The molecule has 1 atom stereocenters. The number of carbonyl (C=O) groups excluding carboxylic acids is 1. The molecule has 0 spiro atoms. The summed E-state index contributed by atoms with van der Waals surface area (Å²) in [5.74, 6) is 1.17. The number of fused-ring (bicyclic) bond motifs is 1. The van der Waals surface area contributed by atoms with Crippen molar-refractivity contribution in [2.75, 3.05) is 17.2 Å². The second kappa shape index (κ2) is 8.39. The lowest BCUT2D eigenvalue weighted by molar-refractivity contribution is 0.102. The van der Waals surface area contributed by atoms with Crippen molar-refractivity contribution in [2.24, 2.45) is 0 Å². The van der Waals surface area contributed by atoms with Crippen LogP contribution in [0.3, 0.4) is 0 Å². The van der Waals surface area contributed by atoms with Crippen molar-refractivity contribution >= 4 is 23.2 Å². The van der Waals surface area contributed by atoms with E-state index in [-0.39, 0.29) is 24.0 Å². The zero-order valence-corrected chi connectivity index (χ0v) is 17.4. The monoisotopic (exact) mass is 408 g/mol. The summed E-state index contributed by atoms with van der Waals surface area (Å²) >= 11 is 0. The third kappa shape index (κ3) is 3.87. The molecule has 3 aromatic heterocycles. The quantitative estimate of drug-likeness (QED) is 0.552. The Labute approximate surface area is 175 Å². The van der Waals surface area contributed by atoms with Gasteiger partial charge in [-0.1, -0.05) is 26.7 Å². The number of aliphatic hydroxyl groups excluding tert-OH is 1. The number of nitrogens with zero attached hydrogens (tertiary/aromatic N) is 4. The van der Waals surface area contributed by atoms with E-state index in [9.17, 15) is 9.90 Å². The molecule has 8 nitrogen and oxygen atoms in total. The first kappa shape index (κ1) is 20.3. The van der Waals surface area contributed by atoms with Crippen LogP contribution in [0.25, 0.3) is 5.65 Å². The molecule has 158 valence electrons. The van der Waals surface area contributed by atoms with Crippen molar-refractivity contribution in [3.05, 3.63) is 47.9 Å². The number of pyridine rings is 1. The van der Waals surface area contributed by atoms with Gasteiger partial charge in [-0.3, -0.25) is 9.78 Å². The summed E-state index contributed by atoms with van der Waals surface area (Å²) in [7, 11) is 0. The Hall–Kier alpha value is -3.00. The zero-order valence-electron chi connectivity index (χ0n) is 17.4. The van der Waals surface area contributed by atoms with Gasteiger partial charge in [-0.15, -0.1) is 0 Å². The first-order chi connectivity index (χ1) is 14.5. The van der Waals surface area contributed by atoms with Gasteiger partial charge in [0, 0.05) is 24.0 Å². The van der Waals surface area contributed by atoms with E-state index in [1.807, 2.05) is 6.20 Å². The standard InChI is InChI=1S/C22H28N6O2/c1-3-15(2)17-13-24-28-19(26-21(30)16-7-6-10-23-12-16)11-18(25-20(17)28)27-22(14-29)8-4-5-9-22/h6-7,10-13,15,29H,3-5,8-9,14H2,1-2H3,(H,25,27)(H,26,30). The average molecular weight is 409 g/mol. The fraction of sp³-hybridized carbons (Fsp3) is 0.455. The third-order valence-electron chi connectivity index (χ3n) is 6.06. The predicted molar refractivity (Wildman–Crippen MR) is 116 cm³/mol. The first-order valence-electron chi connectivity index (χ1n) is 10.5. The van der Waals surface area contributed by atoms with Crippen LogP contribution in [-0.2, 0) is 0 Å². The summed E-state index contributed by atoms with van der Waals surface area (Å²) in [5.41, 5.74) is 1.84. The molecule has 4 rings (SSSR count). The third-order valence-corrected chi connectivity index (χ3v) is 6.06. The molecular weight excluding hydrogens is 380 g/mol. The van der Waals surface area contributed by atoms with E-state index in [0.29, 0.717) is 22.8 Å². The Bertz CT molecular complexity index is 1030. The summed E-state index contributed by atoms with van der Waals surface area (Å²) in [6.07, 6.45) is 9.87.